The topological polar surface area (TPSA) is 40.5 Å². The third-order valence-corrected chi connectivity index (χ3v) is 2.44. The molecule has 78 valence electrons. The molecule has 1 aromatic carbocycles. The van der Waals surface area contributed by atoms with Gasteiger partial charge in [-0.25, -0.2) is 4.39 Å². The van der Waals surface area contributed by atoms with Crippen molar-refractivity contribution < 1.29 is 14.6 Å². The Morgan fingerprint density at radius 1 is 1.21 bits per heavy atom. The number of rotatable bonds is 4. The van der Waals surface area contributed by atoms with Gasteiger partial charge in [0, 0.05) is 5.33 Å². The van der Waals surface area contributed by atoms with Crippen LogP contribution < -0.4 is 0 Å². The van der Waals surface area contributed by atoms with Crippen molar-refractivity contribution in [2.75, 3.05) is 5.33 Å². The van der Waals surface area contributed by atoms with Gasteiger partial charge in [-0.1, -0.05) is 28.1 Å². The van der Waals surface area contributed by atoms with Crippen molar-refractivity contribution in [2.45, 2.75) is 18.6 Å². The van der Waals surface area contributed by atoms with Gasteiger partial charge >= 0.3 is 0 Å². The van der Waals surface area contributed by atoms with E-state index >= 15 is 0 Å². The van der Waals surface area contributed by atoms with E-state index in [1.165, 1.54) is 24.3 Å². The highest BCUT2D eigenvalue weighted by Crippen LogP contribution is 2.19. The summed E-state index contributed by atoms with van der Waals surface area (Å²) in [4.78, 5) is 0. The van der Waals surface area contributed by atoms with Crippen molar-refractivity contribution in [2.24, 2.45) is 0 Å². The quantitative estimate of drug-likeness (QED) is 0.816. The van der Waals surface area contributed by atoms with Crippen molar-refractivity contribution in [1.82, 2.24) is 0 Å². The van der Waals surface area contributed by atoms with Crippen LogP contribution in [0.4, 0.5) is 4.39 Å². The number of aliphatic hydroxyl groups is 2. The molecule has 2 nitrogen and oxygen atoms in total. The standard InChI is InChI=1S/C10H12BrFO2/c11-6-5-9(13)10(14)7-1-3-8(12)4-2-7/h1-4,9-10,13-14H,5-6H2. The lowest BCUT2D eigenvalue weighted by atomic mass is 10.0. The Balaban J connectivity index is 2.68. The summed E-state index contributed by atoms with van der Waals surface area (Å²) < 4.78 is 12.5. The van der Waals surface area contributed by atoms with E-state index in [0.29, 0.717) is 17.3 Å². The van der Waals surface area contributed by atoms with Gasteiger partial charge in [-0.3, -0.25) is 0 Å². The van der Waals surface area contributed by atoms with Gasteiger partial charge in [-0.15, -0.1) is 0 Å². The maximum absolute atomic E-state index is 12.5. The lowest BCUT2D eigenvalue weighted by Gasteiger charge is -2.16. The molecule has 0 spiro atoms. The van der Waals surface area contributed by atoms with Crippen molar-refractivity contribution >= 4 is 15.9 Å². The van der Waals surface area contributed by atoms with Gasteiger partial charge in [0.15, 0.2) is 0 Å². The summed E-state index contributed by atoms with van der Waals surface area (Å²) in [6.45, 7) is 0. The van der Waals surface area contributed by atoms with Crippen molar-refractivity contribution in [3.8, 4) is 0 Å². The van der Waals surface area contributed by atoms with Gasteiger partial charge in [0.25, 0.3) is 0 Å². The summed E-state index contributed by atoms with van der Waals surface area (Å²) in [5, 5.41) is 19.7. The molecule has 0 amide bonds. The SMILES string of the molecule is OC(CCBr)C(O)c1ccc(F)cc1. The Hall–Kier alpha value is -0.450. The lowest BCUT2D eigenvalue weighted by Crippen LogP contribution is -2.18. The highest BCUT2D eigenvalue weighted by atomic mass is 79.9. The minimum Gasteiger partial charge on any atom is -0.390 e. The van der Waals surface area contributed by atoms with Crippen molar-refractivity contribution in [3.05, 3.63) is 35.6 Å². The Kier molecular flexibility index (Phi) is 4.51. The van der Waals surface area contributed by atoms with Gasteiger partial charge in [-0.2, -0.15) is 0 Å². The molecule has 0 saturated carbocycles. The second kappa shape index (κ2) is 5.44. The van der Waals surface area contributed by atoms with E-state index in [1.807, 2.05) is 0 Å². The van der Waals surface area contributed by atoms with Crippen LogP contribution in [0.25, 0.3) is 0 Å². The maximum Gasteiger partial charge on any atom is 0.123 e. The molecule has 0 heterocycles. The molecule has 0 aliphatic carbocycles. The molecule has 0 radical (unpaired) electrons. The van der Waals surface area contributed by atoms with Crippen molar-refractivity contribution in [3.63, 3.8) is 0 Å². The molecule has 2 atom stereocenters. The largest absolute Gasteiger partial charge is 0.390 e. The third kappa shape index (κ3) is 3.04. The second-order valence-corrected chi connectivity index (χ2v) is 3.83. The molecule has 14 heavy (non-hydrogen) atoms. The fraction of sp³-hybridized carbons (Fsp3) is 0.400. The summed E-state index contributed by atoms with van der Waals surface area (Å²) in [6.07, 6.45) is -1.31. The van der Waals surface area contributed by atoms with Crippen LogP contribution in [-0.4, -0.2) is 21.6 Å². The molecular weight excluding hydrogens is 251 g/mol. The molecule has 0 aliphatic rings. The third-order valence-electron chi connectivity index (χ3n) is 1.98. The zero-order valence-electron chi connectivity index (χ0n) is 7.53. The van der Waals surface area contributed by atoms with E-state index in [0.717, 1.165) is 0 Å². The molecular formula is C10H12BrFO2. The first-order chi connectivity index (χ1) is 6.65. The first-order valence-corrected chi connectivity index (χ1v) is 5.45. The molecule has 1 aromatic rings. The molecule has 0 fully saturated rings. The Morgan fingerprint density at radius 3 is 2.29 bits per heavy atom. The zero-order valence-corrected chi connectivity index (χ0v) is 9.11. The minimum absolute atomic E-state index is 0.351. The van der Waals surface area contributed by atoms with E-state index in [9.17, 15) is 14.6 Å². The van der Waals surface area contributed by atoms with Crippen LogP contribution in [0, 0.1) is 5.82 Å². The number of hydrogen-bond donors (Lipinski definition) is 2. The molecule has 1 rings (SSSR count). The molecule has 4 heteroatoms. The minimum atomic E-state index is -0.951. The van der Waals surface area contributed by atoms with E-state index in [-0.39, 0.29) is 5.82 Å². The van der Waals surface area contributed by atoms with Crippen LogP contribution in [0.15, 0.2) is 24.3 Å². The summed E-state index contributed by atoms with van der Waals surface area (Å²) in [5.41, 5.74) is 0.528. The number of benzene rings is 1. The maximum atomic E-state index is 12.5. The van der Waals surface area contributed by atoms with Crippen LogP contribution >= 0.6 is 15.9 Å². The van der Waals surface area contributed by atoms with Crippen LogP contribution in [0.3, 0.4) is 0 Å². The number of alkyl halides is 1. The molecule has 0 saturated heterocycles. The van der Waals surface area contributed by atoms with E-state index in [1.54, 1.807) is 0 Å². The second-order valence-electron chi connectivity index (χ2n) is 3.04. The summed E-state index contributed by atoms with van der Waals surface area (Å²) >= 11 is 3.17. The summed E-state index contributed by atoms with van der Waals surface area (Å²) in [5.74, 6) is -0.351. The molecule has 2 unspecified atom stereocenters. The zero-order chi connectivity index (χ0) is 10.6. The number of halogens is 2. The Morgan fingerprint density at radius 2 is 1.79 bits per heavy atom. The highest BCUT2D eigenvalue weighted by molar-refractivity contribution is 9.09. The first-order valence-electron chi connectivity index (χ1n) is 4.32. The van der Waals surface area contributed by atoms with Gasteiger partial charge in [0.05, 0.1) is 6.10 Å². The van der Waals surface area contributed by atoms with E-state index in [2.05, 4.69) is 15.9 Å². The first kappa shape index (κ1) is 11.6. The Labute approximate surface area is 90.5 Å². The monoisotopic (exact) mass is 262 g/mol. The predicted molar refractivity (Wildman–Crippen MR) is 55.8 cm³/mol. The van der Waals surface area contributed by atoms with Gasteiger partial charge in [0.1, 0.15) is 11.9 Å². The van der Waals surface area contributed by atoms with E-state index in [4.69, 9.17) is 0 Å². The highest BCUT2D eigenvalue weighted by Gasteiger charge is 2.17. The summed E-state index contributed by atoms with van der Waals surface area (Å²) in [7, 11) is 0. The van der Waals surface area contributed by atoms with Gasteiger partial charge in [0.2, 0.25) is 0 Å². The Bertz CT molecular complexity index is 276. The normalized spacial score (nSPS) is 15.1. The fourth-order valence-electron chi connectivity index (χ4n) is 1.15. The van der Waals surface area contributed by atoms with Crippen LogP contribution in [0.5, 0.6) is 0 Å². The predicted octanol–water partition coefficient (Wildman–Crippen LogP) is 2.00. The van der Waals surface area contributed by atoms with Crippen LogP contribution in [0.2, 0.25) is 0 Å². The number of hydrogen-bond acceptors (Lipinski definition) is 2. The summed E-state index contributed by atoms with van der Waals surface area (Å²) in [6, 6.07) is 5.47. The van der Waals surface area contributed by atoms with Crippen molar-refractivity contribution in [1.29, 1.82) is 0 Å². The van der Waals surface area contributed by atoms with Crippen LogP contribution in [-0.2, 0) is 0 Å². The van der Waals surface area contributed by atoms with Gasteiger partial charge < -0.3 is 10.2 Å². The molecule has 0 bridgehead atoms. The average molecular weight is 263 g/mol. The molecule has 2 N–H and O–H groups in total. The van der Waals surface area contributed by atoms with Crippen LogP contribution in [0.1, 0.15) is 18.1 Å². The lowest BCUT2D eigenvalue weighted by molar-refractivity contribution is 0.0173. The van der Waals surface area contributed by atoms with E-state index < -0.39 is 12.2 Å². The fourth-order valence-corrected chi connectivity index (χ4v) is 1.62. The molecule has 0 aromatic heterocycles. The number of aliphatic hydroxyl groups excluding tert-OH is 2. The smallest absolute Gasteiger partial charge is 0.123 e. The molecule has 0 aliphatic heterocycles. The van der Waals surface area contributed by atoms with Gasteiger partial charge in [-0.05, 0) is 24.1 Å². The average Bonchev–Trinajstić information content (AvgIpc) is 2.18.